The molecule has 1 amide bonds. The topological polar surface area (TPSA) is 81.9 Å². The fourth-order valence-electron chi connectivity index (χ4n) is 3.17. The lowest BCUT2D eigenvalue weighted by Gasteiger charge is -2.10. The molecule has 1 heterocycles. The van der Waals surface area contributed by atoms with Gasteiger partial charge < -0.3 is 14.0 Å². The minimum atomic E-state index is -0.481. The summed E-state index contributed by atoms with van der Waals surface area (Å²) in [5, 5.41) is 4.75. The Kier molecular flexibility index (Phi) is 8.02. The highest BCUT2D eigenvalue weighted by molar-refractivity contribution is 6.44. The lowest BCUT2D eigenvalue weighted by Crippen LogP contribution is -2.24. The van der Waals surface area contributed by atoms with Crippen molar-refractivity contribution in [2.45, 2.75) is 13.8 Å². The van der Waals surface area contributed by atoms with E-state index in [-0.39, 0.29) is 22.4 Å². The standard InChI is InChI=1S/C23H20Cl3N3O4/c1-13-8-16(14(2)29(13)18-6-4-15(5-7-18)23(31)32-3)11-27-28-21(30)12-33-20-10-17(24)9-19(25)22(20)26/h4-11H,12H2,1-3H3,(H,28,30)/b27-11-. The molecule has 0 fully saturated rings. The summed E-state index contributed by atoms with van der Waals surface area (Å²) in [6.07, 6.45) is 1.54. The first-order valence-corrected chi connectivity index (χ1v) is 10.8. The van der Waals surface area contributed by atoms with E-state index in [0.717, 1.165) is 22.6 Å². The third-order valence-corrected chi connectivity index (χ3v) is 5.73. The molecule has 0 aliphatic rings. The second-order valence-electron chi connectivity index (χ2n) is 6.98. The van der Waals surface area contributed by atoms with Gasteiger partial charge in [0.15, 0.2) is 6.61 Å². The predicted octanol–water partition coefficient (Wildman–Crippen LogP) is 5.37. The van der Waals surface area contributed by atoms with Crippen molar-refractivity contribution in [3.63, 3.8) is 0 Å². The third kappa shape index (κ3) is 5.87. The molecule has 1 N–H and O–H groups in total. The van der Waals surface area contributed by atoms with Gasteiger partial charge in [-0.2, -0.15) is 5.10 Å². The molecule has 1 aromatic heterocycles. The number of aromatic nitrogens is 1. The summed E-state index contributed by atoms with van der Waals surface area (Å²) >= 11 is 17.9. The van der Waals surface area contributed by atoms with Gasteiger partial charge in [-0.1, -0.05) is 34.8 Å². The predicted molar refractivity (Wildman–Crippen MR) is 129 cm³/mol. The van der Waals surface area contributed by atoms with Crippen LogP contribution in [0.1, 0.15) is 27.3 Å². The van der Waals surface area contributed by atoms with Gasteiger partial charge in [-0.05, 0) is 50.2 Å². The van der Waals surface area contributed by atoms with Gasteiger partial charge in [0.05, 0.1) is 23.9 Å². The molecular formula is C23H20Cl3N3O4. The van der Waals surface area contributed by atoms with Crippen molar-refractivity contribution in [2.24, 2.45) is 5.10 Å². The van der Waals surface area contributed by atoms with Crippen LogP contribution in [0.25, 0.3) is 5.69 Å². The number of carbonyl (C=O) groups excluding carboxylic acids is 2. The van der Waals surface area contributed by atoms with Gasteiger partial charge in [-0.3, -0.25) is 4.79 Å². The molecule has 10 heteroatoms. The number of hydrazone groups is 1. The maximum Gasteiger partial charge on any atom is 0.337 e. The molecule has 3 aromatic rings. The number of nitrogens with one attached hydrogen (secondary N) is 1. The lowest BCUT2D eigenvalue weighted by atomic mass is 10.2. The number of methoxy groups -OCH3 is 1. The van der Waals surface area contributed by atoms with Crippen molar-refractivity contribution in [3.05, 3.63) is 80.0 Å². The highest BCUT2D eigenvalue weighted by Crippen LogP contribution is 2.35. The minimum Gasteiger partial charge on any atom is -0.482 e. The van der Waals surface area contributed by atoms with Crippen LogP contribution in [0.4, 0.5) is 0 Å². The number of ether oxygens (including phenoxy) is 2. The smallest absolute Gasteiger partial charge is 0.337 e. The van der Waals surface area contributed by atoms with Crippen molar-refractivity contribution < 1.29 is 19.1 Å². The minimum absolute atomic E-state index is 0.171. The van der Waals surface area contributed by atoms with Gasteiger partial charge in [0, 0.05) is 33.7 Å². The van der Waals surface area contributed by atoms with Gasteiger partial charge in [0.2, 0.25) is 0 Å². The van der Waals surface area contributed by atoms with Crippen LogP contribution >= 0.6 is 34.8 Å². The van der Waals surface area contributed by atoms with Crippen molar-refractivity contribution in [3.8, 4) is 11.4 Å². The van der Waals surface area contributed by atoms with Crippen molar-refractivity contribution >= 4 is 52.9 Å². The molecule has 0 spiro atoms. The van der Waals surface area contributed by atoms with Crippen molar-refractivity contribution in [1.29, 1.82) is 0 Å². The van der Waals surface area contributed by atoms with Crippen molar-refractivity contribution in [1.82, 2.24) is 9.99 Å². The lowest BCUT2D eigenvalue weighted by molar-refractivity contribution is -0.123. The Bertz CT molecular complexity index is 1220. The Labute approximate surface area is 205 Å². The van der Waals surface area contributed by atoms with Crippen molar-refractivity contribution in [2.75, 3.05) is 13.7 Å². The SMILES string of the molecule is COC(=O)c1ccc(-n2c(C)cc(/C=N\NC(=O)COc3cc(Cl)cc(Cl)c3Cl)c2C)cc1. The first-order chi connectivity index (χ1) is 15.7. The normalized spacial score (nSPS) is 11.0. The maximum atomic E-state index is 12.1. The number of benzene rings is 2. The van der Waals surface area contributed by atoms with Gasteiger partial charge in [0.25, 0.3) is 5.91 Å². The van der Waals surface area contributed by atoms with E-state index in [1.54, 1.807) is 18.3 Å². The Morgan fingerprint density at radius 2 is 1.79 bits per heavy atom. The Morgan fingerprint density at radius 1 is 1.09 bits per heavy atom. The summed E-state index contributed by atoms with van der Waals surface area (Å²) in [6.45, 7) is 3.56. The number of aryl methyl sites for hydroxylation is 1. The zero-order chi connectivity index (χ0) is 24.1. The molecule has 0 aliphatic heterocycles. The first kappa shape index (κ1) is 24.6. The van der Waals surface area contributed by atoms with E-state index in [9.17, 15) is 9.59 Å². The summed E-state index contributed by atoms with van der Waals surface area (Å²) in [5.41, 5.74) is 6.44. The molecule has 0 saturated heterocycles. The highest BCUT2D eigenvalue weighted by Gasteiger charge is 2.12. The summed E-state index contributed by atoms with van der Waals surface area (Å²) in [4.78, 5) is 23.7. The molecule has 7 nitrogen and oxygen atoms in total. The number of amides is 1. The van der Waals surface area contributed by atoms with Gasteiger partial charge in [-0.15, -0.1) is 0 Å². The molecule has 0 saturated carbocycles. The summed E-state index contributed by atoms with van der Waals surface area (Å²) in [5.74, 6) is -0.670. The fourth-order valence-corrected chi connectivity index (χ4v) is 3.81. The molecule has 0 aliphatic carbocycles. The quantitative estimate of drug-likeness (QED) is 0.201. The van der Waals surface area contributed by atoms with Crippen LogP contribution in [0.5, 0.6) is 5.75 Å². The van der Waals surface area contributed by atoms with Crippen LogP contribution < -0.4 is 10.2 Å². The number of halogens is 3. The second kappa shape index (κ2) is 10.7. The van der Waals surface area contributed by atoms with Gasteiger partial charge in [0.1, 0.15) is 10.8 Å². The highest BCUT2D eigenvalue weighted by atomic mass is 35.5. The van der Waals surface area contributed by atoms with Crippen LogP contribution in [-0.4, -0.2) is 36.4 Å². The molecule has 172 valence electrons. The maximum absolute atomic E-state index is 12.1. The van der Waals surface area contributed by atoms with Crippen LogP contribution in [0.2, 0.25) is 15.1 Å². The van der Waals surface area contributed by atoms with Crippen LogP contribution in [0, 0.1) is 13.8 Å². The number of nitrogens with zero attached hydrogens (tertiary/aromatic N) is 2. The van der Waals surface area contributed by atoms with E-state index in [1.165, 1.54) is 19.2 Å². The number of hydrogen-bond donors (Lipinski definition) is 1. The molecule has 33 heavy (non-hydrogen) atoms. The summed E-state index contributed by atoms with van der Waals surface area (Å²) in [6, 6.07) is 12.0. The van der Waals surface area contributed by atoms with Crippen LogP contribution in [0.3, 0.4) is 0 Å². The van der Waals surface area contributed by atoms with Crippen LogP contribution in [-0.2, 0) is 9.53 Å². The fraction of sp³-hybridized carbons (Fsp3) is 0.174. The number of carbonyl (C=O) groups is 2. The van der Waals surface area contributed by atoms with E-state index < -0.39 is 11.9 Å². The van der Waals surface area contributed by atoms with Gasteiger partial charge >= 0.3 is 5.97 Å². The molecule has 0 atom stereocenters. The third-order valence-electron chi connectivity index (χ3n) is 4.73. The van der Waals surface area contributed by atoms with E-state index >= 15 is 0 Å². The average molecular weight is 509 g/mol. The summed E-state index contributed by atoms with van der Waals surface area (Å²) < 4.78 is 12.1. The molecule has 0 radical (unpaired) electrons. The van der Waals surface area contributed by atoms with Gasteiger partial charge in [-0.25, -0.2) is 10.2 Å². The summed E-state index contributed by atoms with van der Waals surface area (Å²) in [7, 11) is 1.34. The molecular weight excluding hydrogens is 489 g/mol. The molecule has 2 aromatic carbocycles. The second-order valence-corrected chi connectivity index (χ2v) is 8.20. The number of rotatable bonds is 7. The largest absolute Gasteiger partial charge is 0.482 e. The first-order valence-electron chi connectivity index (χ1n) is 9.68. The van der Waals surface area contributed by atoms with E-state index in [1.807, 2.05) is 36.6 Å². The number of hydrogen-bond acceptors (Lipinski definition) is 5. The number of esters is 1. The average Bonchev–Trinajstić information content (AvgIpc) is 3.07. The Balaban J connectivity index is 1.65. The molecule has 0 unspecified atom stereocenters. The zero-order valence-corrected chi connectivity index (χ0v) is 20.3. The zero-order valence-electron chi connectivity index (χ0n) is 18.0. The monoisotopic (exact) mass is 507 g/mol. The van der Waals surface area contributed by atoms with Crippen LogP contribution in [0.15, 0.2) is 47.6 Å². The molecule has 0 bridgehead atoms. The Morgan fingerprint density at radius 3 is 2.45 bits per heavy atom. The molecule has 3 rings (SSSR count). The Hall–Kier alpha value is -3.00. The van der Waals surface area contributed by atoms with E-state index in [2.05, 4.69) is 10.5 Å². The van der Waals surface area contributed by atoms with E-state index in [4.69, 9.17) is 44.3 Å². The van der Waals surface area contributed by atoms with E-state index in [0.29, 0.717) is 10.6 Å².